The van der Waals surface area contributed by atoms with Crippen molar-refractivity contribution in [2.24, 2.45) is 0 Å². The second-order valence-electron chi connectivity index (χ2n) is 11.2. The first-order valence-electron chi connectivity index (χ1n) is 20.2. The minimum Gasteiger partial charge on any atom is -0.292 e. The first-order chi connectivity index (χ1) is 27.5. The molecule has 9 rings (SSSR count). The predicted molar refractivity (Wildman–Crippen MR) is 198 cm³/mol. The molecular weight excluding hydrogens is 569 g/mol. The Morgan fingerprint density at radius 1 is 0.447 bits per heavy atom. The van der Waals surface area contributed by atoms with E-state index in [0.717, 1.165) is 43.8 Å². The van der Waals surface area contributed by atoms with Gasteiger partial charge in [-0.3, -0.25) is 4.57 Å². The van der Waals surface area contributed by atoms with Gasteiger partial charge in [-0.1, -0.05) is 157 Å². The third-order valence-corrected chi connectivity index (χ3v) is 8.57. The molecule has 0 unspecified atom stereocenters. The smallest absolute Gasteiger partial charge is 0.145 e. The van der Waals surface area contributed by atoms with Gasteiger partial charge in [0.2, 0.25) is 0 Å². The first-order valence-corrected chi connectivity index (χ1v) is 15.2. The Kier molecular flexibility index (Phi) is 4.48. The zero-order valence-electron chi connectivity index (χ0n) is 34.9. The fourth-order valence-corrected chi connectivity index (χ4v) is 6.65. The van der Waals surface area contributed by atoms with Crippen LogP contribution in [0.4, 0.5) is 0 Å². The molecule has 0 N–H and O–H groups in total. The third kappa shape index (κ3) is 4.54. The van der Waals surface area contributed by atoms with Gasteiger partial charge >= 0.3 is 0 Å². The molecule has 220 valence electrons. The summed E-state index contributed by atoms with van der Waals surface area (Å²) in [6.07, 6.45) is 0. The molecule has 0 radical (unpaired) electrons. The van der Waals surface area contributed by atoms with E-state index in [2.05, 4.69) is 0 Å². The van der Waals surface area contributed by atoms with Crippen LogP contribution in [0.5, 0.6) is 0 Å². The van der Waals surface area contributed by atoms with E-state index >= 15 is 0 Å². The van der Waals surface area contributed by atoms with Crippen LogP contribution in [0.1, 0.15) is 13.7 Å². The monoisotopic (exact) mass is 608 g/mol. The van der Waals surface area contributed by atoms with Crippen LogP contribution in [0.2, 0.25) is 0 Å². The Labute approximate surface area is 287 Å². The lowest BCUT2D eigenvalue weighted by atomic mass is 9.84. The number of nitrogens with zero attached hydrogens (tertiary/aromatic N) is 2. The van der Waals surface area contributed by atoms with Gasteiger partial charge in [-0.2, -0.15) is 0 Å². The minimum absolute atomic E-state index is 0.000588. The molecule has 0 amide bonds. The summed E-state index contributed by atoms with van der Waals surface area (Å²) in [4.78, 5) is 4.84. The van der Waals surface area contributed by atoms with Crippen molar-refractivity contribution in [3.8, 4) is 50.5 Å². The van der Waals surface area contributed by atoms with Crippen LogP contribution in [-0.4, -0.2) is 9.55 Å². The molecule has 8 aromatic carbocycles. The highest BCUT2D eigenvalue weighted by Gasteiger charge is 2.20. The van der Waals surface area contributed by atoms with Crippen molar-refractivity contribution in [3.63, 3.8) is 0 Å². The molecule has 0 saturated carbocycles. The number of rotatable bonds is 5. The molecule has 2 nitrogen and oxygen atoms in total. The fraction of sp³-hybridized carbons (Fsp3) is 0. The molecular formula is C45H30N2. The van der Waals surface area contributed by atoms with Gasteiger partial charge in [-0.25, -0.2) is 4.98 Å². The van der Waals surface area contributed by atoms with Crippen LogP contribution >= 0.6 is 0 Å². The Morgan fingerprint density at radius 3 is 1.68 bits per heavy atom. The lowest BCUT2D eigenvalue weighted by Crippen LogP contribution is -1.98. The van der Waals surface area contributed by atoms with E-state index in [-0.39, 0.29) is 41.1 Å². The number of hydrogen-bond acceptors (Lipinski definition) is 1. The van der Waals surface area contributed by atoms with Crippen molar-refractivity contribution in [1.29, 1.82) is 0 Å². The molecule has 0 spiro atoms. The van der Waals surface area contributed by atoms with Gasteiger partial charge in [0.1, 0.15) is 5.82 Å². The van der Waals surface area contributed by atoms with E-state index in [0.29, 0.717) is 22.3 Å². The Bertz CT molecular complexity index is 3040. The Morgan fingerprint density at radius 2 is 1.00 bits per heavy atom. The maximum Gasteiger partial charge on any atom is 0.145 e. The van der Waals surface area contributed by atoms with Crippen molar-refractivity contribution in [1.82, 2.24) is 9.55 Å². The average molecular weight is 609 g/mol. The summed E-state index contributed by atoms with van der Waals surface area (Å²) in [6, 6.07) is 34.9. The van der Waals surface area contributed by atoms with E-state index < -0.39 is 36.3 Å². The van der Waals surface area contributed by atoms with E-state index in [1.165, 1.54) is 0 Å². The fourth-order valence-electron chi connectivity index (χ4n) is 6.65. The molecule has 0 bridgehead atoms. The van der Waals surface area contributed by atoms with Gasteiger partial charge in [0.25, 0.3) is 0 Å². The second-order valence-corrected chi connectivity index (χ2v) is 11.2. The topological polar surface area (TPSA) is 17.8 Å². The first kappa shape index (κ1) is 18.7. The number of para-hydroxylation sites is 2. The van der Waals surface area contributed by atoms with Crippen molar-refractivity contribution in [2.45, 2.75) is 0 Å². The lowest BCUT2D eigenvalue weighted by Gasteiger charge is -2.20. The molecule has 1 aromatic heterocycles. The normalized spacial score (nSPS) is 14.4. The molecule has 0 aliphatic rings. The zero-order valence-corrected chi connectivity index (χ0v) is 24.9. The van der Waals surface area contributed by atoms with Crippen LogP contribution in [0.3, 0.4) is 0 Å². The van der Waals surface area contributed by atoms with Crippen molar-refractivity contribution in [3.05, 3.63) is 182 Å². The lowest BCUT2D eigenvalue weighted by molar-refractivity contribution is 1.10. The highest BCUT2D eigenvalue weighted by molar-refractivity contribution is 6.22. The number of benzene rings is 8. The van der Waals surface area contributed by atoms with Crippen LogP contribution < -0.4 is 0 Å². The Balaban J connectivity index is 1.33. The predicted octanol–water partition coefficient (Wildman–Crippen LogP) is 12.0. The van der Waals surface area contributed by atoms with Gasteiger partial charge in [-0.15, -0.1) is 0 Å². The summed E-state index contributed by atoms with van der Waals surface area (Å²) in [5, 5.41) is 3.62. The van der Waals surface area contributed by atoms with Gasteiger partial charge < -0.3 is 0 Å². The summed E-state index contributed by atoms with van der Waals surface area (Å²) in [6.45, 7) is 0. The van der Waals surface area contributed by atoms with Crippen LogP contribution in [0.25, 0.3) is 83.0 Å². The molecule has 47 heavy (non-hydrogen) atoms. The maximum absolute atomic E-state index is 8.83. The van der Waals surface area contributed by atoms with Crippen LogP contribution in [0.15, 0.2) is 182 Å². The van der Waals surface area contributed by atoms with E-state index in [1.54, 1.807) is 6.07 Å². The molecule has 0 aliphatic carbocycles. The third-order valence-electron chi connectivity index (χ3n) is 8.57. The van der Waals surface area contributed by atoms with Gasteiger partial charge in [0.15, 0.2) is 0 Å². The van der Waals surface area contributed by atoms with Gasteiger partial charge in [-0.05, 0) is 79.2 Å². The number of imidazole rings is 1. The highest BCUT2D eigenvalue weighted by Crippen LogP contribution is 2.46. The van der Waals surface area contributed by atoms with E-state index in [9.17, 15) is 0 Å². The second kappa shape index (κ2) is 11.3. The highest BCUT2D eigenvalue weighted by atomic mass is 15.1. The van der Waals surface area contributed by atoms with E-state index in [4.69, 9.17) is 18.7 Å². The Hall–Kier alpha value is -6.25. The van der Waals surface area contributed by atoms with Crippen molar-refractivity contribution in [2.75, 3.05) is 0 Å². The molecule has 2 heteroatoms. The molecule has 9 aromatic rings. The van der Waals surface area contributed by atoms with Gasteiger partial charge in [0.05, 0.1) is 24.7 Å². The molecule has 0 saturated heterocycles. The summed E-state index contributed by atoms with van der Waals surface area (Å²) in [5.41, 5.74) is 5.98. The summed E-state index contributed by atoms with van der Waals surface area (Å²) in [7, 11) is 0. The minimum atomic E-state index is -0.475. The van der Waals surface area contributed by atoms with E-state index in [1.807, 2.05) is 120 Å². The van der Waals surface area contributed by atoms with Crippen molar-refractivity contribution < 1.29 is 13.7 Å². The molecule has 1 heterocycles. The average Bonchev–Trinajstić information content (AvgIpc) is 3.62. The van der Waals surface area contributed by atoms with Gasteiger partial charge in [0, 0.05) is 11.3 Å². The SMILES string of the molecule is [2H]c1c([2H])c([2H])c(-c2ccccc2-c2c3ccccc3c(-c3cccc(-n4c(-c5c([2H])c([2H])c([2H])c([2H])c5[2H])nc5ccccc54)c3)c3ccccc23)c([2H])c1[2H]. The zero-order chi connectivity index (χ0) is 39.9. The van der Waals surface area contributed by atoms with Crippen molar-refractivity contribution >= 4 is 32.6 Å². The largest absolute Gasteiger partial charge is 0.292 e. The quantitative estimate of drug-likeness (QED) is 0.178. The molecule has 0 fully saturated rings. The summed E-state index contributed by atoms with van der Waals surface area (Å²) >= 11 is 0. The number of hydrogen-bond donors (Lipinski definition) is 0. The summed E-state index contributed by atoms with van der Waals surface area (Å²) in [5.74, 6) is 0.222. The molecule has 0 aliphatic heterocycles. The number of aromatic nitrogens is 2. The number of fused-ring (bicyclic) bond motifs is 3. The summed E-state index contributed by atoms with van der Waals surface area (Å²) < 4.78 is 87.1. The maximum atomic E-state index is 8.83. The molecule has 0 atom stereocenters. The van der Waals surface area contributed by atoms with Crippen LogP contribution in [0, 0.1) is 0 Å². The standard InChI is InChI=1S/C45H30N2/c1-3-16-31(17-4-1)35-22-7-8-23-36(35)44-39-26-11-9-24-37(39)43(38-25-10-12-27-40(38)44)33-20-15-21-34(30-33)47-42-29-14-13-28-41(42)46-45(47)32-18-5-2-6-19-32/h1-30H/i1D,2D,3D,4D,5D,6D,16D,17D,18D,19D. The van der Waals surface area contributed by atoms with Crippen LogP contribution in [-0.2, 0) is 0 Å².